The molecule has 2 aromatic rings. The van der Waals surface area contributed by atoms with E-state index in [-0.39, 0.29) is 0 Å². The highest BCUT2D eigenvalue weighted by atomic mass is 19.4. The molecule has 0 aliphatic heterocycles. The number of alkyl halides is 6. The molecule has 144 valence electrons. The van der Waals surface area contributed by atoms with E-state index in [0.717, 1.165) is 0 Å². The Labute approximate surface area is 147 Å². The molecule has 0 N–H and O–H groups in total. The number of hydrogen-bond acceptors (Lipinski definition) is 4. The van der Waals surface area contributed by atoms with E-state index in [1.807, 2.05) is 0 Å². The minimum atomic E-state index is -5.88. The Kier molecular flexibility index (Phi) is 4.96. The van der Waals surface area contributed by atoms with E-state index in [1.54, 1.807) is 0 Å². The van der Waals surface area contributed by atoms with E-state index < -0.39 is 52.0 Å². The van der Waals surface area contributed by atoms with Crippen molar-refractivity contribution >= 4 is 11.9 Å². The first-order chi connectivity index (χ1) is 12.3. The largest absolute Gasteiger partial charge is 0.545 e. The van der Waals surface area contributed by atoms with Gasteiger partial charge in [-0.1, -0.05) is 48.5 Å². The second kappa shape index (κ2) is 6.60. The van der Waals surface area contributed by atoms with Crippen LogP contribution < -0.4 is 10.2 Å². The fraction of sp³-hybridized carbons (Fsp3) is 0.176. The van der Waals surface area contributed by atoms with Crippen molar-refractivity contribution in [1.29, 1.82) is 0 Å². The smallest absolute Gasteiger partial charge is 0.411 e. The first kappa shape index (κ1) is 20.3. The lowest BCUT2D eigenvalue weighted by molar-refractivity contribution is -0.288. The summed E-state index contributed by atoms with van der Waals surface area (Å²) in [5, 5.41) is 21.4. The third kappa shape index (κ3) is 3.34. The Hall–Kier alpha value is -3.04. The lowest BCUT2D eigenvalue weighted by Crippen LogP contribution is -2.54. The molecule has 0 radical (unpaired) electrons. The summed E-state index contributed by atoms with van der Waals surface area (Å²) in [7, 11) is 0. The van der Waals surface area contributed by atoms with E-state index >= 15 is 0 Å². The molecule has 4 nitrogen and oxygen atoms in total. The van der Waals surface area contributed by atoms with Gasteiger partial charge in [0.05, 0.1) is 11.9 Å². The molecule has 0 aliphatic carbocycles. The van der Waals surface area contributed by atoms with Crippen LogP contribution in [-0.4, -0.2) is 24.3 Å². The monoisotopic (exact) mass is 390 g/mol. The Morgan fingerprint density at radius 2 is 0.852 bits per heavy atom. The molecule has 0 unspecified atom stereocenters. The fourth-order valence-corrected chi connectivity index (χ4v) is 2.69. The van der Waals surface area contributed by atoms with Gasteiger partial charge in [0, 0.05) is 0 Å². The zero-order valence-corrected chi connectivity index (χ0v) is 13.0. The molecule has 0 fully saturated rings. The number of carboxylic acid groups (broad SMARTS) is 2. The SMILES string of the molecule is O=C([O-])c1ccc(C(c2ccc(C(=O)[O-])cc2)(C(F)(F)F)C(F)(F)F)cc1. The average molecular weight is 390 g/mol. The summed E-state index contributed by atoms with van der Waals surface area (Å²) in [6, 6.07) is 3.80. The van der Waals surface area contributed by atoms with Crippen molar-refractivity contribution in [3.63, 3.8) is 0 Å². The van der Waals surface area contributed by atoms with Gasteiger partial charge in [0.1, 0.15) is 0 Å². The molecule has 0 amide bonds. The highest BCUT2D eigenvalue weighted by Gasteiger charge is 2.72. The Balaban J connectivity index is 2.82. The summed E-state index contributed by atoms with van der Waals surface area (Å²) in [5.74, 6) is -3.55. The topological polar surface area (TPSA) is 80.3 Å². The molecule has 2 aromatic carbocycles. The molecule has 0 aromatic heterocycles. The summed E-state index contributed by atoms with van der Waals surface area (Å²) < 4.78 is 82.7. The van der Waals surface area contributed by atoms with Crippen molar-refractivity contribution < 1.29 is 46.1 Å². The fourth-order valence-electron chi connectivity index (χ4n) is 2.69. The number of hydrogen-bond donors (Lipinski definition) is 0. The number of benzene rings is 2. The number of rotatable bonds is 4. The van der Waals surface area contributed by atoms with Crippen LogP contribution in [0.3, 0.4) is 0 Å². The van der Waals surface area contributed by atoms with Gasteiger partial charge in [-0.2, -0.15) is 26.3 Å². The van der Waals surface area contributed by atoms with Gasteiger partial charge in [-0.05, 0) is 22.3 Å². The van der Waals surface area contributed by atoms with Gasteiger partial charge >= 0.3 is 12.4 Å². The second-order valence-electron chi connectivity index (χ2n) is 5.48. The van der Waals surface area contributed by atoms with Crippen LogP contribution in [0.15, 0.2) is 48.5 Å². The molecule has 27 heavy (non-hydrogen) atoms. The predicted octanol–water partition coefficient (Wildman–Crippen LogP) is 1.82. The number of carboxylic acids is 2. The van der Waals surface area contributed by atoms with Crippen molar-refractivity contribution in [3.05, 3.63) is 70.8 Å². The van der Waals surface area contributed by atoms with E-state index in [9.17, 15) is 46.1 Å². The lowest BCUT2D eigenvalue weighted by Gasteiger charge is -2.38. The molecule has 0 saturated heterocycles. The standard InChI is InChI=1S/C17H10F6O4/c18-16(19,20)15(17(21,22)23,11-5-1-9(2-6-11)13(24)25)12-7-3-10(4-8-12)14(26)27/h1-8H,(H,24,25)(H,26,27)/p-2. The van der Waals surface area contributed by atoms with Crippen molar-refractivity contribution in [1.82, 2.24) is 0 Å². The maximum Gasteiger partial charge on any atom is 0.411 e. The van der Waals surface area contributed by atoms with Crippen molar-refractivity contribution in [2.24, 2.45) is 0 Å². The van der Waals surface area contributed by atoms with Crippen molar-refractivity contribution in [3.8, 4) is 0 Å². The summed E-state index contributed by atoms with van der Waals surface area (Å²) in [4.78, 5) is 21.4. The quantitative estimate of drug-likeness (QED) is 0.746. The van der Waals surface area contributed by atoms with Gasteiger partial charge in [0.15, 0.2) is 0 Å². The Morgan fingerprint density at radius 3 is 1.04 bits per heavy atom. The molecule has 2 rings (SSSR count). The molecular formula is C17H8F6O4-2. The van der Waals surface area contributed by atoms with Crippen LogP contribution >= 0.6 is 0 Å². The second-order valence-corrected chi connectivity index (χ2v) is 5.48. The van der Waals surface area contributed by atoms with Gasteiger partial charge in [-0.15, -0.1) is 0 Å². The number of aromatic carboxylic acids is 2. The predicted molar refractivity (Wildman–Crippen MR) is 74.4 cm³/mol. The third-order valence-electron chi connectivity index (χ3n) is 3.96. The zero-order valence-electron chi connectivity index (χ0n) is 13.0. The van der Waals surface area contributed by atoms with Crippen LogP contribution in [0.4, 0.5) is 26.3 Å². The van der Waals surface area contributed by atoms with Crippen LogP contribution in [0.5, 0.6) is 0 Å². The molecule has 0 saturated carbocycles. The van der Waals surface area contributed by atoms with Crippen LogP contribution in [0.1, 0.15) is 31.8 Å². The van der Waals surface area contributed by atoms with Gasteiger partial charge in [-0.3, -0.25) is 0 Å². The zero-order chi connectivity index (χ0) is 20.6. The Morgan fingerprint density at radius 1 is 0.593 bits per heavy atom. The van der Waals surface area contributed by atoms with E-state index in [0.29, 0.717) is 48.5 Å². The number of halogens is 6. The normalized spacial score (nSPS) is 12.7. The lowest BCUT2D eigenvalue weighted by atomic mass is 9.72. The third-order valence-corrected chi connectivity index (χ3v) is 3.96. The molecule has 0 aliphatic rings. The number of carbonyl (C=O) groups is 2. The van der Waals surface area contributed by atoms with Crippen molar-refractivity contribution in [2.75, 3.05) is 0 Å². The van der Waals surface area contributed by atoms with Gasteiger partial charge in [0.2, 0.25) is 5.41 Å². The van der Waals surface area contributed by atoms with E-state index in [4.69, 9.17) is 0 Å². The minimum Gasteiger partial charge on any atom is -0.545 e. The molecule has 10 heteroatoms. The van der Waals surface area contributed by atoms with E-state index in [1.165, 1.54) is 0 Å². The number of carbonyl (C=O) groups excluding carboxylic acids is 2. The molecular weight excluding hydrogens is 382 g/mol. The Bertz CT molecular complexity index is 777. The van der Waals surface area contributed by atoms with Crippen LogP contribution in [0.2, 0.25) is 0 Å². The van der Waals surface area contributed by atoms with E-state index in [2.05, 4.69) is 0 Å². The summed E-state index contributed by atoms with van der Waals surface area (Å²) in [6.07, 6.45) is -11.8. The summed E-state index contributed by atoms with van der Waals surface area (Å²) in [5.41, 5.74) is -8.29. The minimum absolute atomic E-state index is 0.388. The highest BCUT2D eigenvalue weighted by Crippen LogP contribution is 2.56. The summed E-state index contributed by atoms with van der Waals surface area (Å²) in [6.45, 7) is 0. The first-order valence-electron chi connectivity index (χ1n) is 7.09. The maximum absolute atomic E-state index is 13.8. The highest BCUT2D eigenvalue weighted by molar-refractivity contribution is 5.86. The van der Waals surface area contributed by atoms with Gasteiger partial charge in [-0.25, -0.2) is 0 Å². The van der Waals surface area contributed by atoms with Crippen LogP contribution in [0.25, 0.3) is 0 Å². The molecule has 0 heterocycles. The molecule has 0 bridgehead atoms. The average Bonchev–Trinajstić information content (AvgIpc) is 2.53. The van der Waals surface area contributed by atoms with Crippen LogP contribution in [-0.2, 0) is 5.41 Å². The van der Waals surface area contributed by atoms with Gasteiger partial charge < -0.3 is 19.8 Å². The molecule has 0 spiro atoms. The van der Waals surface area contributed by atoms with Gasteiger partial charge in [0.25, 0.3) is 0 Å². The maximum atomic E-state index is 13.8. The first-order valence-corrected chi connectivity index (χ1v) is 7.09. The summed E-state index contributed by atoms with van der Waals surface area (Å²) >= 11 is 0. The van der Waals surface area contributed by atoms with Crippen molar-refractivity contribution in [2.45, 2.75) is 17.8 Å². The molecule has 0 atom stereocenters. The van der Waals surface area contributed by atoms with Crippen LogP contribution in [0, 0.1) is 0 Å².